The van der Waals surface area contributed by atoms with Crippen molar-refractivity contribution in [3.05, 3.63) is 163 Å². The quantitative estimate of drug-likeness (QED) is 0.190. The normalized spacial score (nSPS) is 11.2. The van der Waals surface area contributed by atoms with Crippen LogP contribution in [0.15, 0.2) is 162 Å². The number of hydrogen-bond donors (Lipinski definition) is 0. The van der Waals surface area contributed by atoms with Gasteiger partial charge in [-0.3, -0.25) is 0 Å². The molecule has 7 aromatic carbocycles. The van der Waals surface area contributed by atoms with E-state index in [0.717, 1.165) is 71.7 Å². The number of fused-ring (bicyclic) bond motifs is 5. The van der Waals surface area contributed by atoms with E-state index in [2.05, 4.69) is 78.9 Å². The molecule has 0 aliphatic carbocycles. The van der Waals surface area contributed by atoms with Crippen LogP contribution in [-0.2, 0) is 0 Å². The molecule has 0 N–H and O–H groups in total. The van der Waals surface area contributed by atoms with Gasteiger partial charge in [-0.1, -0.05) is 133 Å². The minimum atomic E-state index is 0.505. The van der Waals surface area contributed by atoms with Crippen molar-refractivity contribution >= 4 is 32.7 Å². The van der Waals surface area contributed by atoms with Crippen molar-refractivity contribution in [2.24, 2.45) is 0 Å². The van der Waals surface area contributed by atoms with Crippen molar-refractivity contribution in [3.63, 3.8) is 0 Å². The van der Waals surface area contributed by atoms with E-state index >= 15 is 0 Å². The number of furan rings is 1. The molecule has 0 unspecified atom stereocenters. The summed E-state index contributed by atoms with van der Waals surface area (Å²) in [7, 11) is 0. The van der Waals surface area contributed by atoms with Crippen LogP contribution in [0.2, 0.25) is 0 Å². The maximum Gasteiger partial charge on any atom is 0.164 e. The van der Waals surface area contributed by atoms with Crippen molar-refractivity contribution in [2.75, 3.05) is 0 Å². The summed E-state index contributed by atoms with van der Waals surface area (Å²) < 4.78 is 6.44. The Hall–Kier alpha value is -6.90. The van der Waals surface area contributed by atoms with Gasteiger partial charge in [0.1, 0.15) is 11.2 Å². The van der Waals surface area contributed by atoms with E-state index in [1.165, 1.54) is 0 Å². The highest BCUT2D eigenvalue weighted by Crippen LogP contribution is 2.40. The lowest BCUT2D eigenvalue weighted by Crippen LogP contribution is -2.01. The first-order valence-electron chi connectivity index (χ1n) is 16.1. The number of benzene rings is 7. The van der Waals surface area contributed by atoms with Crippen LogP contribution in [0.1, 0.15) is 5.56 Å². The lowest BCUT2D eigenvalue weighted by Gasteiger charge is -2.12. The minimum Gasteiger partial charge on any atom is -0.455 e. The van der Waals surface area contributed by atoms with Crippen LogP contribution < -0.4 is 0 Å². The van der Waals surface area contributed by atoms with E-state index in [9.17, 15) is 5.26 Å². The Balaban J connectivity index is 1.18. The molecule has 0 fully saturated rings. The third kappa shape index (κ3) is 5.00. The van der Waals surface area contributed by atoms with Gasteiger partial charge in [-0.25, -0.2) is 15.0 Å². The summed E-state index contributed by atoms with van der Waals surface area (Å²) in [5.41, 5.74) is 9.08. The second kappa shape index (κ2) is 11.7. The van der Waals surface area contributed by atoms with Crippen molar-refractivity contribution in [1.29, 1.82) is 5.26 Å². The molecule has 0 saturated heterocycles. The van der Waals surface area contributed by atoms with Gasteiger partial charge in [0.25, 0.3) is 0 Å². The summed E-state index contributed by atoms with van der Waals surface area (Å²) in [5, 5.41) is 14.1. The molecule has 0 aliphatic heterocycles. The average molecular weight is 627 g/mol. The Kier molecular flexibility index (Phi) is 6.78. The van der Waals surface area contributed by atoms with Gasteiger partial charge in [0, 0.05) is 32.8 Å². The molecule has 0 bridgehead atoms. The van der Waals surface area contributed by atoms with Crippen LogP contribution in [0, 0.1) is 11.3 Å². The Morgan fingerprint density at radius 2 is 1.08 bits per heavy atom. The molecule has 0 amide bonds. The van der Waals surface area contributed by atoms with Crippen molar-refractivity contribution in [3.8, 4) is 62.5 Å². The smallest absolute Gasteiger partial charge is 0.164 e. The van der Waals surface area contributed by atoms with E-state index in [1.807, 2.05) is 78.9 Å². The summed E-state index contributed by atoms with van der Waals surface area (Å²) in [6, 6.07) is 55.2. The summed E-state index contributed by atoms with van der Waals surface area (Å²) >= 11 is 0. The number of nitrogens with zero attached hydrogens (tertiary/aromatic N) is 4. The third-order valence-corrected chi connectivity index (χ3v) is 8.98. The van der Waals surface area contributed by atoms with Crippen LogP contribution in [0.4, 0.5) is 0 Å². The van der Waals surface area contributed by atoms with Gasteiger partial charge < -0.3 is 4.42 Å². The standard InChI is InChI=1S/C44H26N4O/c45-27-28-10-8-14-33(26-28)43-46-42(47-44(48-43)37-17-7-6-15-34(37)29-11-2-1-3-12-29)32-22-20-31(21-23-32)35-18-9-19-39-40(35)38-25-24-30-13-4-5-16-36(30)41(38)49-39/h1-26H. The molecule has 49 heavy (non-hydrogen) atoms. The molecule has 0 saturated carbocycles. The molecule has 9 rings (SSSR count). The van der Waals surface area contributed by atoms with Gasteiger partial charge in [0.05, 0.1) is 11.6 Å². The number of hydrogen-bond acceptors (Lipinski definition) is 5. The van der Waals surface area contributed by atoms with Gasteiger partial charge in [0.2, 0.25) is 0 Å². The van der Waals surface area contributed by atoms with Crippen LogP contribution >= 0.6 is 0 Å². The molecule has 0 spiro atoms. The SMILES string of the molecule is N#Cc1cccc(-c2nc(-c3ccc(-c4cccc5oc6c7ccccc7ccc6c45)cc3)nc(-c3ccccc3-c3ccccc3)n2)c1. The highest BCUT2D eigenvalue weighted by atomic mass is 16.3. The van der Waals surface area contributed by atoms with Crippen LogP contribution in [0.25, 0.3) is 89.1 Å². The predicted molar refractivity (Wildman–Crippen MR) is 197 cm³/mol. The van der Waals surface area contributed by atoms with E-state index < -0.39 is 0 Å². The topological polar surface area (TPSA) is 75.6 Å². The van der Waals surface area contributed by atoms with Crippen molar-refractivity contribution < 1.29 is 4.42 Å². The lowest BCUT2D eigenvalue weighted by molar-refractivity contribution is 0.673. The molecule has 5 nitrogen and oxygen atoms in total. The number of rotatable bonds is 5. The largest absolute Gasteiger partial charge is 0.455 e. The second-order valence-electron chi connectivity index (χ2n) is 11.9. The maximum atomic E-state index is 9.60. The second-order valence-corrected chi connectivity index (χ2v) is 11.9. The Morgan fingerprint density at radius 3 is 1.92 bits per heavy atom. The molecule has 9 aromatic rings. The van der Waals surface area contributed by atoms with Crippen LogP contribution in [0.5, 0.6) is 0 Å². The molecule has 0 atom stereocenters. The summed E-state index contributed by atoms with van der Waals surface area (Å²) in [6.07, 6.45) is 0. The third-order valence-electron chi connectivity index (χ3n) is 8.98. The zero-order valence-electron chi connectivity index (χ0n) is 26.2. The Bertz CT molecular complexity index is 2720. The van der Waals surface area contributed by atoms with Crippen molar-refractivity contribution in [2.45, 2.75) is 0 Å². The summed E-state index contributed by atoms with van der Waals surface area (Å²) in [5.74, 6) is 1.62. The molecule has 2 aromatic heterocycles. The molecular weight excluding hydrogens is 601 g/mol. The van der Waals surface area contributed by atoms with Gasteiger partial charge in [-0.15, -0.1) is 0 Å². The predicted octanol–water partition coefficient (Wildman–Crippen LogP) is 11.1. The van der Waals surface area contributed by atoms with Crippen LogP contribution in [-0.4, -0.2) is 15.0 Å². The average Bonchev–Trinajstić information content (AvgIpc) is 3.58. The highest BCUT2D eigenvalue weighted by molar-refractivity contribution is 6.19. The zero-order chi connectivity index (χ0) is 32.7. The first-order valence-corrected chi connectivity index (χ1v) is 16.1. The fraction of sp³-hybridized carbons (Fsp3) is 0. The molecule has 5 heteroatoms. The summed E-state index contributed by atoms with van der Waals surface area (Å²) in [4.78, 5) is 14.9. The first kappa shape index (κ1) is 28.3. The molecule has 2 heterocycles. The monoisotopic (exact) mass is 626 g/mol. The van der Waals surface area contributed by atoms with Crippen molar-refractivity contribution in [1.82, 2.24) is 15.0 Å². The molecular formula is C44H26N4O. The number of aromatic nitrogens is 3. The van der Waals surface area contributed by atoms with E-state index in [0.29, 0.717) is 23.0 Å². The van der Waals surface area contributed by atoms with E-state index in [-0.39, 0.29) is 0 Å². The van der Waals surface area contributed by atoms with Gasteiger partial charge in [-0.2, -0.15) is 5.26 Å². The first-order chi connectivity index (χ1) is 24.2. The number of nitriles is 1. The minimum absolute atomic E-state index is 0.505. The molecule has 0 aliphatic rings. The fourth-order valence-corrected chi connectivity index (χ4v) is 6.62. The van der Waals surface area contributed by atoms with Gasteiger partial charge in [-0.05, 0) is 51.9 Å². The molecule has 0 radical (unpaired) electrons. The maximum absolute atomic E-state index is 9.60. The molecule has 228 valence electrons. The van der Waals surface area contributed by atoms with E-state index in [4.69, 9.17) is 19.4 Å². The zero-order valence-corrected chi connectivity index (χ0v) is 26.2. The Labute approximate surface area is 282 Å². The Morgan fingerprint density at radius 1 is 0.449 bits per heavy atom. The summed E-state index contributed by atoms with van der Waals surface area (Å²) in [6.45, 7) is 0. The van der Waals surface area contributed by atoms with E-state index in [1.54, 1.807) is 6.07 Å². The van der Waals surface area contributed by atoms with Gasteiger partial charge >= 0.3 is 0 Å². The highest BCUT2D eigenvalue weighted by Gasteiger charge is 2.18. The van der Waals surface area contributed by atoms with Gasteiger partial charge in [0.15, 0.2) is 17.5 Å². The van der Waals surface area contributed by atoms with Crippen LogP contribution in [0.3, 0.4) is 0 Å². The lowest BCUT2D eigenvalue weighted by atomic mass is 9.97. The fourth-order valence-electron chi connectivity index (χ4n) is 6.62.